The molecule has 3 aromatic rings. The number of hydrogen-bond acceptors (Lipinski definition) is 10. The Morgan fingerprint density at radius 3 is 2.63 bits per heavy atom. The average Bonchev–Trinajstić information content (AvgIpc) is 2.88. The number of carbonyl (C=O) groups excluding carboxylic acids is 1. The molecule has 1 saturated heterocycles. The fourth-order valence-electron chi connectivity index (χ4n) is 3.70. The smallest absolute Gasteiger partial charge is 0.238 e. The van der Waals surface area contributed by atoms with Crippen LogP contribution in [-0.4, -0.2) is 72.3 Å². The second-order valence-electron chi connectivity index (χ2n) is 9.06. The summed E-state index contributed by atoms with van der Waals surface area (Å²) in [6.45, 7) is 8.08. The van der Waals surface area contributed by atoms with Crippen LogP contribution in [-0.2, 0) is 19.4 Å². The van der Waals surface area contributed by atoms with Gasteiger partial charge in [-0.25, -0.2) is 18.4 Å². The topological polar surface area (TPSA) is 138 Å². The van der Waals surface area contributed by atoms with Gasteiger partial charge in [-0.1, -0.05) is 17.7 Å². The zero-order chi connectivity index (χ0) is 27.3. The number of aryl methyl sites for hydroxylation is 1. The van der Waals surface area contributed by atoms with E-state index in [1.807, 2.05) is 24.0 Å². The van der Waals surface area contributed by atoms with Crippen molar-refractivity contribution in [1.29, 1.82) is 0 Å². The van der Waals surface area contributed by atoms with E-state index in [0.29, 0.717) is 24.6 Å². The Balaban J connectivity index is 1.51. The van der Waals surface area contributed by atoms with Crippen LogP contribution in [0.25, 0.3) is 0 Å². The van der Waals surface area contributed by atoms with Crippen LogP contribution in [0.2, 0.25) is 5.02 Å². The Bertz CT molecular complexity index is 1410. The summed E-state index contributed by atoms with van der Waals surface area (Å²) in [7, 11) is -3.65. The van der Waals surface area contributed by atoms with E-state index in [1.165, 1.54) is 12.4 Å². The minimum Gasteiger partial charge on any atom is -0.379 e. The van der Waals surface area contributed by atoms with Crippen LogP contribution in [0.5, 0.6) is 0 Å². The third-order valence-electron chi connectivity index (χ3n) is 5.90. The van der Waals surface area contributed by atoms with E-state index in [-0.39, 0.29) is 40.0 Å². The van der Waals surface area contributed by atoms with Crippen molar-refractivity contribution >= 4 is 56.2 Å². The lowest BCUT2D eigenvalue weighted by Gasteiger charge is -2.25. The zero-order valence-corrected chi connectivity index (χ0v) is 22.9. The van der Waals surface area contributed by atoms with E-state index in [0.717, 1.165) is 18.7 Å². The van der Waals surface area contributed by atoms with Crippen molar-refractivity contribution in [2.24, 2.45) is 0 Å². The van der Waals surface area contributed by atoms with E-state index < -0.39 is 15.1 Å². The van der Waals surface area contributed by atoms with Crippen LogP contribution in [0, 0.1) is 6.92 Å². The van der Waals surface area contributed by atoms with E-state index in [1.54, 1.807) is 32.0 Å². The van der Waals surface area contributed by atoms with Crippen molar-refractivity contribution in [3.63, 3.8) is 0 Å². The molecule has 0 atom stereocenters. The van der Waals surface area contributed by atoms with Crippen molar-refractivity contribution < 1.29 is 17.9 Å². The van der Waals surface area contributed by atoms with Gasteiger partial charge in [-0.2, -0.15) is 4.98 Å². The number of anilines is 5. The van der Waals surface area contributed by atoms with Crippen LogP contribution >= 0.6 is 11.6 Å². The molecule has 3 heterocycles. The first-order valence-corrected chi connectivity index (χ1v) is 14.0. The quantitative estimate of drug-likeness (QED) is 0.355. The van der Waals surface area contributed by atoms with Crippen LogP contribution in [0.15, 0.2) is 47.8 Å². The molecule has 1 amide bonds. The van der Waals surface area contributed by atoms with Crippen LogP contribution in [0.4, 0.5) is 28.8 Å². The van der Waals surface area contributed by atoms with Gasteiger partial charge in [-0.15, -0.1) is 0 Å². The molecule has 11 nitrogen and oxygen atoms in total. The van der Waals surface area contributed by atoms with Crippen molar-refractivity contribution in [2.45, 2.75) is 31.0 Å². The largest absolute Gasteiger partial charge is 0.379 e. The summed E-state index contributed by atoms with van der Waals surface area (Å²) in [6, 6.07) is 8.72. The molecule has 38 heavy (non-hydrogen) atoms. The van der Waals surface area contributed by atoms with Crippen molar-refractivity contribution in [1.82, 2.24) is 19.9 Å². The van der Waals surface area contributed by atoms with E-state index in [9.17, 15) is 13.2 Å². The van der Waals surface area contributed by atoms with E-state index in [2.05, 4.69) is 30.9 Å². The number of amides is 1. The first kappa shape index (κ1) is 27.7. The number of ether oxygens (including phenoxy) is 1. The number of pyridine rings is 1. The highest BCUT2D eigenvalue weighted by Crippen LogP contribution is 2.30. The van der Waals surface area contributed by atoms with Crippen molar-refractivity contribution in [2.75, 3.05) is 48.8 Å². The van der Waals surface area contributed by atoms with Gasteiger partial charge in [0, 0.05) is 30.7 Å². The summed E-state index contributed by atoms with van der Waals surface area (Å²) in [5.41, 5.74) is 2.48. The first-order valence-electron chi connectivity index (χ1n) is 12.1. The number of rotatable bonds is 9. The lowest BCUT2D eigenvalue weighted by Crippen LogP contribution is -2.41. The molecule has 0 saturated carbocycles. The molecule has 0 bridgehead atoms. The highest BCUT2D eigenvalue weighted by molar-refractivity contribution is 7.92. The molecule has 1 aromatic carbocycles. The van der Waals surface area contributed by atoms with E-state index >= 15 is 0 Å². The molecular weight excluding hydrogens is 530 g/mol. The standard InChI is InChI=1S/C25H30ClN7O4S/c1-16(2)38(35,36)24-20(5-4-8-27-24)30-23-19(26)14-28-25(32-23)31-21-13-18(7-6-17(21)3)29-22(34)15-33-9-11-37-12-10-33/h4-8,13-14,16H,9-12,15H2,1-3H3,(H,29,34)(H2,28,30,31,32). The number of nitrogens with zero attached hydrogens (tertiary/aromatic N) is 4. The number of hydrogen-bond donors (Lipinski definition) is 3. The van der Waals surface area contributed by atoms with Crippen molar-refractivity contribution in [3.8, 4) is 0 Å². The van der Waals surface area contributed by atoms with Gasteiger partial charge in [0.1, 0.15) is 5.02 Å². The highest BCUT2D eigenvalue weighted by atomic mass is 35.5. The second kappa shape index (κ2) is 12.0. The van der Waals surface area contributed by atoms with Gasteiger partial charge in [0.05, 0.1) is 36.9 Å². The summed E-state index contributed by atoms with van der Waals surface area (Å²) in [4.78, 5) is 27.3. The molecule has 2 aromatic heterocycles. The normalized spacial score (nSPS) is 14.3. The first-order chi connectivity index (χ1) is 18.1. The molecule has 202 valence electrons. The van der Waals surface area contributed by atoms with Crippen LogP contribution < -0.4 is 16.0 Å². The lowest BCUT2D eigenvalue weighted by atomic mass is 10.2. The number of halogens is 1. The summed E-state index contributed by atoms with van der Waals surface area (Å²) >= 11 is 6.33. The number of aromatic nitrogens is 3. The van der Waals surface area contributed by atoms with Gasteiger partial charge in [-0.3, -0.25) is 9.69 Å². The molecule has 0 spiro atoms. The number of benzene rings is 1. The predicted molar refractivity (Wildman–Crippen MR) is 147 cm³/mol. The molecule has 1 aliphatic heterocycles. The van der Waals surface area contributed by atoms with Crippen LogP contribution in [0.1, 0.15) is 19.4 Å². The van der Waals surface area contributed by atoms with Gasteiger partial charge in [-0.05, 0) is 50.6 Å². The Kier molecular flexibility index (Phi) is 8.77. The third kappa shape index (κ3) is 6.76. The number of nitrogens with one attached hydrogen (secondary N) is 3. The maximum Gasteiger partial charge on any atom is 0.238 e. The maximum absolute atomic E-state index is 12.8. The SMILES string of the molecule is Cc1ccc(NC(=O)CN2CCOCC2)cc1Nc1ncc(Cl)c(Nc2cccnc2S(=O)(=O)C(C)C)n1. The third-order valence-corrected chi connectivity index (χ3v) is 8.28. The van der Waals surface area contributed by atoms with Gasteiger partial charge in [0.15, 0.2) is 20.7 Å². The Morgan fingerprint density at radius 1 is 1.13 bits per heavy atom. The summed E-state index contributed by atoms with van der Waals surface area (Å²) < 4.78 is 30.9. The monoisotopic (exact) mass is 559 g/mol. The second-order valence-corrected chi connectivity index (χ2v) is 11.9. The number of sulfone groups is 1. The minimum absolute atomic E-state index is 0.0874. The molecule has 0 radical (unpaired) electrons. The average molecular weight is 560 g/mol. The van der Waals surface area contributed by atoms with E-state index in [4.69, 9.17) is 16.3 Å². The zero-order valence-electron chi connectivity index (χ0n) is 21.4. The molecule has 4 rings (SSSR count). The molecule has 13 heteroatoms. The Morgan fingerprint density at radius 2 is 1.89 bits per heavy atom. The Hall–Kier alpha value is -3.32. The fraction of sp³-hybridized carbons (Fsp3) is 0.360. The molecule has 1 fully saturated rings. The van der Waals surface area contributed by atoms with Gasteiger partial charge in [0.2, 0.25) is 11.9 Å². The molecule has 3 N–H and O–H groups in total. The molecule has 0 unspecified atom stereocenters. The fourth-order valence-corrected chi connectivity index (χ4v) is 4.91. The van der Waals surface area contributed by atoms with Crippen LogP contribution in [0.3, 0.4) is 0 Å². The highest BCUT2D eigenvalue weighted by Gasteiger charge is 2.25. The number of carbonyl (C=O) groups is 1. The molecular formula is C25H30ClN7O4S. The van der Waals surface area contributed by atoms with Gasteiger partial charge in [0.25, 0.3) is 0 Å². The maximum atomic E-state index is 12.8. The van der Waals surface area contributed by atoms with Gasteiger partial charge < -0.3 is 20.7 Å². The predicted octanol–water partition coefficient (Wildman–Crippen LogP) is 3.77. The summed E-state index contributed by atoms with van der Waals surface area (Å²) in [5.74, 6) is 0.332. The summed E-state index contributed by atoms with van der Waals surface area (Å²) in [6.07, 6.45) is 2.83. The number of morpholine rings is 1. The molecule has 1 aliphatic rings. The summed E-state index contributed by atoms with van der Waals surface area (Å²) in [5, 5.41) is 8.52. The Labute approximate surface area is 226 Å². The van der Waals surface area contributed by atoms with Gasteiger partial charge >= 0.3 is 0 Å². The van der Waals surface area contributed by atoms with Crippen molar-refractivity contribution in [3.05, 3.63) is 53.3 Å². The molecule has 0 aliphatic carbocycles. The minimum atomic E-state index is -3.65. The lowest BCUT2D eigenvalue weighted by molar-refractivity contribution is -0.118.